The summed E-state index contributed by atoms with van der Waals surface area (Å²) in [6.45, 7) is 7.00. The van der Waals surface area contributed by atoms with E-state index < -0.39 is 59.7 Å². The highest BCUT2D eigenvalue weighted by Crippen LogP contribution is 2.10. The first-order valence-corrected chi connectivity index (χ1v) is 19.4. The van der Waals surface area contributed by atoms with Crippen molar-refractivity contribution in [1.29, 1.82) is 0 Å². The minimum absolute atomic E-state index is 0.269. The fourth-order valence-electron chi connectivity index (χ4n) is 5.34. The van der Waals surface area contributed by atoms with E-state index >= 15 is 0 Å². The van der Waals surface area contributed by atoms with Gasteiger partial charge in [0.15, 0.2) is 0 Å². The highest BCUT2D eigenvalue weighted by molar-refractivity contribution is 5.81. The number of nitrogens with two attached hydrogens (primary N) is 2. The fraction of sp³-hybridized carbons (Fsp3) is 0.442. The molecular weight excluding hydrogens is 778 g/mol. The first-order chi connectivity index (χ1) is 28.3. The van der Waals surface area contributed by atoms with Gasteiger partial charge in [-0.25, -0.2) is 9.59 Å². The third-order valence-electron chi connectivity index (χ3n) is 8.41. The van der Waals surface area contributed by atoms with Crippen LogP contribution in [0.5, 0.6) is 0 Å². The molecule has 2 aliphatic heterocycles. The number of methoxy groups -OCH3 is 1. The zero-order valence-electron chi connectivity index (χ0n) is 34.6. The molecule has 1 amide bonds. The van der Waals surface area contributed by atoms with Gasteiger partial charge in [0, 0.05) is 6.42 Å². The molecule has 2 heterocycles. The van der Waals surface area contributed by atoms with Gasteiger partial charge in [0.25, 0.3) is 0 Å². The van der Waals surface area contributed by atoms with Gasteiger partial charge in [0.1, 0.15) is 35.8 Å². The van der Waals surface area contributed by atoms with Crippen molar-refractivity contribution >= 4 is 35.9 Å². The second-order valence-electron chi connectivity index (χ2n) is 14.7. The molecule has 0 aromatic heterocycles. The number of esters is 1. The summed E-state index contributed by atoms with van der Waals surface area (Å²) in [6, 6.07) is 25.2. The Balaban J connectivity index is 0.000000392. The van der Waals surface area contributed by atoms with Gasteiger partial charge in [-0.15, -0.1) is 0 Å². The maximum atomic E-state index is 11.7. The Kier molecular flexibility index (Phi) is 24.8. The molecule has 17 nitrogen and oxygen atoms in total. The lowest BCUT2D eigenvalue weighted by atomic mass is 10.1. The minimum atomic E-state index is -0.959. The summed E-state index contributed by atoms with van der Waals surface area (Å²) in [6.07, 6.45) is 4.06. The zero-order valence-corrected chi connectivity index (χ0v) is 34.6. The molecule has 0 aliphatic carbocycles. The van der Waals surface area contributed by atoms with Crippen LogP contribution < -0.4 is 27.4 Å². The van der Waals surface area contributed by atoms with Crippen molar-refractivity contribution in [3.8, 4) is 0 Å². The summed E-state index contributed by atoms with van der Waals surface area (Å²) in [4.78, 5) is 64.5. The Morgan fingerprint density at radius 2 is 1.00 bits per heavy atom. The van der Waals surface area contributed by atoms with Crippen molar-refractivity contribution < 1.29 is 58.7 Å². The highest BCUT2D eigenvalue weighted by Gasteiger charge is 2.25. The first kappa shape index (κ1) is 52.1. The zero-order chi connectivity index (χ0) is 45.1. The van der Waals surface area contributed by atoms with E-state index in [9.17, 15) is 28.8 Å². The summed E-state index contributed by atoms with van der Waals surface area (Å²) >= 11 is 0. The number of carbonyl (C=O) groups excluding carboxylic acids is 2. The fourth-order valence-corrected chi connectivity index (χ4v) is 5.34. The van der Waals surface area contributed by atoms with Gasteiger partial charge in [-0.05, 0) is 89.1 Å². The van der Waals surface area contributed by atoms with E-state index in [4.69, 9.17) is 41.4 Å². The number of aliphatic carboxylic acids is 4. The number of carboxylic acid groups (broad SMARTS) is 4. The molecule has 0 saturated carbocycles. The Bertz CT molecular complexity index is 1630. The predicted octanol–water partition coefficient (Wildman–Crippen LogP) is 3.22. The van der Waals surface area contributed by atoms with E-state index in [1.54, 1.807) is 20.8 Å². The van der Waals surface area contributed by atoms with Gasteiger partial charge in [0.2, 0.25) is 0 Å². The number of ether oxygens (including phenoxy) is 2. The molecule has 17 heteroatoms. The molecular formula is C43H61N5O12. The summed E-state index contributed by atoms with van der Waals surface area (Å²) in [7, 11) is 1.29. The van der Waals surface area contributed by atoms with Crippen molar-refractivity contribution in [3.05, 3.63) is 108 Å². The average molecular weight is 840 g/mol. The molecule has 2 fully saturated rings. The minimum Gasteiger partial charge on any atom is -0.480 e. The number of rotatable bonds is 12. The molecule has 2 aliphatic rings. The van der Waals surface area contributed by atoms with Crippen LogP contribution in [0.25, 0.3) is 0 Å². The number of amides is 1. The Morgan fingerprint density at radius 3 is 1.25 bits per heavy atom. The number of nitrogens with one attached hydrogen (secondary N) is 3. The Labute approximate surface area is 350 Å². The summed E-state index contributed by atoms with van der Waals surface area (Å²) in [5, 5.41) is 42.0. The van der Waals surface area contributed by atoms with Crippen LogP contribution >= 0.6 is 0 Å². The van der Waals surface area contributed by atoms with Crippen LogP contribution in [0.1, 0.15) is 63.1 Å². The lowest BCUT2D eigenvalue weighted by Crippen LogP contribution is -2.45. The van der Waals surface area contributed by atoms with Crippen molar-refractivity contribution in [2.45, 2.75) is 102 Å². The standard InChI is InChI=1S/C15H21NO4.2C9H11NO2.2C5H9NO2/c1-15(2,3)20-14(18)16-12(13(17)19-4)10-11-8-6-5-7-9-11;2*10-8(9(11)12)6-7-4-2-1-3-5-7;2*7-5(8)4-2-1-3-6-4/h5-9,12H,10H2,1-4H3,(H,16,18);2*1-5,8H,6,10H2,(H,11,12);2*4,6H,1-3H2,(H,7,8)/t12-;2*8-;2*4-/m00000/s1. The van der Waals surface area contributed by atoms with Gasteiger partial charge in [-0.3, -0.25) is 19.2 Å². The van der Waals surface area contributed by atoms with Crippen LogP contribution in [-0.2, 0) is 52.7 Å². The molecule has 2 saturated heterocycles. The molecule has 11 N–H and O–H groups in total. The van der Waals surface area contributed by atoms with E-state index in [1.807, 2.05) is 91.0 Å². The largest absolute Gasteiger partial charge is 0.480 e. The maximum absolute atomic E-state index is 11.7. The quantitative estimate of drug-likeness (QED) is 0.118. The van der Waals surface area contributed by atoms with Gasteiger partial charge in [-0.1, -0.05) is 91.0 Å². The molecule has 330 valence electrons. The molecule has 3 aromatic carbocycles. The van der Waals surface area contributed by atoms with Crippen LogP contribution in [0, 0.1) is 0 Å². The Hall–Kier alpha value is -5.88. The molecule has 0 bridgehead atoms. The molecule has 0 radical (unpaired) electrons. The van der Waals surface area contributed by atoms with Crippen molar-refractivity contribution in [1.82, 2.24) is 16.0 Å². The lowest BCUT2D eigenvalue weighted by Gasteiger charge is -2.22. The maximum Gasteiger partial charge on any atom is 0.408 e. The topological polar surface area (TPSA) is 290 Å². The van der Waals surface area contributed by atoms with E-state index in [1.165, 1.54) is 7.11 Å². The van der Waals surface area contributed by atoms with E-state index in [-0.39, 0.29) is 12.1 Å². The smallest absolute Gasteiger partial charge is 0.408 e. The normalized spacial score (nSPS) is 16.6. The number of benzene rings is 3. The molecule has 3 aromatic rings. The summed E-state index contributed by atoms with van der Waals surface area (Å²) in [5.41, 5.74) is 12.9. The summed E-state index contributed by atoms with van der Waals surface area (Å²) in [5.74, 6) is -3.86. The van der Waals surface area contributed by atoms with Crippen LogP contribution in [0.15, 0.2) is 91.0 Å². The monoisotopic (exact) mass is 839 g/mol. The predicted molar refractivity (Wildman–Crippen MR) is 224 cm³/mol. The SMILES string of the molecule is COC(=O)[C@H](Cc1ccccc1)NC(=O)OC(C)(C)C.N[C@@H](Cc1ccccc1)C(=O)O.N[C@@H](Cc1ccccc1)C(=O)O.O=C(O)[C@@H]1CCCN1.O=C(O)[C@@H]1CCCN1. The third-order valence-corrected chi connectivity index (χ3v) is 8.41. The van der Waals surface area contributed by atoms with Crippen molar-refractivity contribution in [2.24, 2.45) is 11.5 Å². The molecule has 60 heavy (non-hydrogen) atoms. The number of alkyl carbamates (subject to hydrolysis) is 1. The van der Waals surface area contributed by atoms with E-state index in [2.05, 4.69) is 16.0 Å². The molecule has 5 atom stereocenters. The van der Waals surface area contributed by atoms with Crippen LogP contribution in [0.4, 0.5) is 4.79 Å². The highest BCUT2D eigenvalue weighted by atomic mass is 16.6. The van der Waals surface area contributed by atoms with Crippen LogP contribution in [-0.4, -0.2) is 112 Å². The van der Waals surface area contributed by atoms with Crippen molar-refractivity contribution in [2.75, 3.05) is 20.2 Å². The summed E-state index contributed by atoms with van der Waals surface area (Å²) < 4.78 is 9.85. The van der Waals surface area contributed by atoms with Crippen LogP contribution in [0.3, 0.4) is 0 Å². The number of carboxylic acids is 4. The second kappa shape index (κ2) is 28.5. The van der Waals surface area contributed by atoms with Crippen molar-refractivity contribution in [3.63, 3.8) is 0 Å². The average Bonchev–Trinajstić information content (AvgIpc) is 3.96. The van der Waals surface area contributed by atoms with Gasteiger partial charge >= 0.3 is 35.9 Å². The van der Waals surface area contributed by atoms with Gasteiger partial charge in [-0.2, -0.15) is 0 Å². The lowest BCUT2D eigenvalue weighted by molar-refractivity contribution is -0.143. The molecule has 0 unspecified atom stereocenters. The number of hydrogen-bond donors (Lipinski definition) is 9. The first-order valence-electron chi connectivity index (χ1n) is 19.4. The number of carbonyl (C=O) groups is 6. The van der Waals surface area contributed by atoms with Crippen LogP contribution in [0.2, 0.25) is 0 Å². The van der Waals surface area contributed by atoms with Gasteiger partial charge < -0.3 is 57.3 Å². The van der Waals surface area contributed by atoms with E-state index in [0.29, 0.717) is 19.3 Å². The van der Waals surface area contributed by atoms with E-state index in [0.717, 1.165) is 55.5 Å². The second-order valence-corrected chi connectivity index (χ2v) is 14.7. The Morgan fingerprint density at radius 1 is 0.650 bits per heavy atom. The molecule has 0 spiro atoms. The third kappa shape index (κ3) is 24.1. The van der Waals surface area contributed by atoms with Gasteiger partial charge in [0.05, 0.1) is 7.11 Å². The molecule has 5 rings (SSSR count). The number of hydrogen-bond acceptors (Lipinski definition) is 12.